The van der Waals surface area contributed by atoms with Gasteiger partial charge in [-0.2, -0.15) is 5.10 Å². The highest BCUT2D eigenvalue weighted by Gasteiger charge is 2.41. The molecule has 0 saturated carbocycles. The lowest BCUT2D eigenvalue weighted by Crippen LogP contribution is -2.51. The molecule has 0 radical (unpaired) electrons. The summed E-state index contributed by atoms with van der Waals surface area (Å²) in [6.45, 7) is 2.17. The van der Waals surface area contributed by atoms with Gasteiger partial charge in [0.25, 0.3) is 11.5 Å². The first-order valence-electron chi connectivity index (χ1n) is 9.63. The number of likely N-dealkylation sites (tertiary alicyclic amines) is 1. The van der Waals surface area contributed by atoms with E-state index in [0.29, 0.717) is 35.5 Å². The molecule has 1 aromatic heterocycles. The maximum atomic E-state index is 13.0. The van der Waals surface area contributed by atoms with Gasteiger partial charge in [-0.3, -0.25) is 9.59 Å². The minimum atomic E-state index is -0.287. The topological polar surface area (TPSA) is 95.5 Å². The van der Waals surface area contributed by atoms with Crippen LogP contribution in [0.1, 0.15) is 42.6 Å². The number of aromatic nitrogens is 2. The number of nitrogens with one attached hydrogen (secondary N) is 1. The van der Waals surface area contributed by atoms with Crippen molar-refractivity contribution in [3.63, 3.8) is 0 Å². The van der Waals surface area contributed by atoms with Crippen LogP contribution in [0.15, 0.2) is 29.1 Å². The summed E-state index contributed by atoms with van der Waals surface area (Å²) in [6.07, 6.45) is 4.36. The number of benzene rings is 1. The van der Waals surface area contributed by atoms with E-state index in [2.05, 4.69) is 10.2 Å². The van der Waals surface area contributed by atoms with Crippen molar-refractivity contribution in [3.05, 3.63) is 40.3 Å². The summed E-state index contributed by atoms with van der Waals surface area (Å²) in [5.74, 6) is 0.343. The number of piperidine rings is 1. The Morgan fingerprint density at radius 1 is 1.30 bits per heavy atom. The van der Waals surface area contributed by atoms with Crippen molar-refractivity contribution in [1.82, 2.24) is 15.1 Å². The van der Waals surface area contributed by atoms with E-state index in [0.717, 1.165) is 38.7 Å². The number of nitrogens with zero attached hydrogens (tertiary/aromatic N) is 2. The van der Waals surface area contributed by atoms with Gasteiger partial charge in [0.1, 0.15) is 0 Å². The molecule has 1 amide bonds. The molecule has 0 bridgehead atoms. The van der Waals surface area contributed by atoms with Crippen LogP contribution in [0.5, 0.6) is 0 Å². The van der Waals surface area contributed by atoms with Crippen molar-refractivity contribution < 1.29 is 14.6 Å². The Morgan fingerprint density at radius 2 is 2.04 bits per heavy atom. The van der Waals surface area contributed by atoms with E-state index in [1.165, 1.54) is 0 Å². The van der Waals surface area contributed by atoms with Crippen molar-refractivity contribution in [2.24, 2.45) is 5.92 Å². The molecule has 2 N–H and O–H groups in total. The molecule has 2 aromatic rings. The van der Waals surface area contributed by atoms with E-state index in [9.17, 15) is 14.7 Å². The van der Waals surface area contributed by atoms with Gasteiger partial charge in [0.2, 0.25) is 0 Å². The molecule has 144 valence electrons. The Labute approximate surface area is 157 Å². The summed E-state index contributed by atoms with van der Waals surface area (Å²) < 4.78 is 6.12. The van der Waals surface area contributed by atoms with Crippen LogP contribution >= 0.6 is 0 Å². The molecule has 2 aliphatic heterocycles. The molecule has 1 unspecified atom stereocenters. The molecule has 1 aromatic carbocycles. The maximum Gasteiger partial charge on any atom is 0.274 e. The molecule has 2 aliphatic rings. The van der Waals surface area contributed by atoms with Gasteiger partial charge in [0.05, 0.1) is 11.0 Å². The second-order valence-electron chi connectivity index (χ2n) is 7.64. The van der Waals surface area contributed by atoms with Crippen LogP contribution in [-0.2, 0) is 4.74 Å². The van der Waals surface area contributed by atoms with Crippen molar-refractivity contribution in [1.29, 1.82) is 0 Å². The number of carbonyl (C=O) groups excluding carboxylic acids is 1. The molecule has 7 heteroatoms. The Hall–Kier alpha value is -2.25. The van der Waals surface area contributed by atoms with E-state index in [1.54, 1.807) is 23.1 Å². The molecule has 27 heavy (non-hydrogen) atoms. The number of H-pyrrole nitrogens is 1. The first kappa shape index (κ1) is 18.1. The van der Waals surface area contributed by atoms with E-state index < -0.39 is 0 Å². The van der Waals surface area contributed by atoms with Gasteiger partial charge in [-0.05, 0) is 44.1 Å². The zero-order valence-electron chi connectivity index (χ0n) is 15.3. The number of rotatable bonds is 3. The molecule has 1 atom stereocenters. The Balaban J connectivity index is 1.50. The summed E-state index contributed by atoms with van der Waals surface area (Å²) in [6, 6.07) is 7.05. The molecule has 1 spiro atoms. The molecule has 7 nitrogen and oxygen atoms in total. The second kappa shape index (κ2) is 7.40. The summed E-state index contributed by atoms with van der Waals surface area (Å²) in [7, 11) is 0. The summed E-state index contributed by atoms with van der Waals surface area (Å²) in [4.78, 5) is 26.8. The largest absolute Gasteiger partial charge is 0.396 e. The third-order valence-electron chi connectivity index (χ3n) is 5.99. The fourth-order valence-corrected chi connectivity index (χ4v) is 4.45. The monoisotopic (exact) mass is 371 g/mol. The number of amides is 1. The molecular formula is C20H25N3O4. The van der Waals surface area contributed by atoms with Crippen LogP contribution in [0, 0.1) is 5.92 Å². The first-order chi connectivity index (χ1) is 13.1. The van der Waals surface area contributed by atoms with Crippen molar-refractivity contribution >= 4 is 16.7 Å². The van der Waals surface area contributed by atoms with E-state index in [-0.39, 0.29) is 23.7 Å². The third kappa shape index (κ3) is 3.49. The number of aliphatic hydroxyl groups is 1. The highest BCUT2D eigenvalue weighted by molar-refractivity contribution is 6.04. The number of hydrogen-bond donors (Lipinski definition) is 2. The standard InChI is InChI=1S/C20H25N3O4/c24-11-5-14-6-12-27-20(13-14)7-9-23(10-8-20)19(26)17-15-3-1-2-4-16(15)18(25)22-21-17/h1-4,14,24H,5-13H2,(H,22,25). The van der Waals surface area contributed by atoms with Gasteiger partial charge >= 0.3 is 0 Å². The number of carbonyl (C=O) groups is 1. The Kier molecular flexibility index (Phi) is 4.97. The van der Waals surface area contributed by atoms with Crippen molar-refractivity contribution in [2.75, 3.05) is 26.3 Å². The van der Waals surface area contributed by atoms with Gasteiger partial charge in [-0.25, -0.2) is 5.10 Å². The number of aliphatic hydroxyl groups excluding tert-OH is 1. The molecule has 0 aliphatic carbocycles. The van der Waals surface area contributed by atoms with Gasteiger partial charge in [0, 0.05) is 31.7 Å². The second-order valence-corrected chi connectivity index (χ2v) is 7.64. The average molecular weight is 371 g/mol. The number of hydrogen-bond acceptors (Lipinski definition) is 5. The predicted molar refractivity (Wildman–Crippen MR) is 101 cm³/mol. The van der Waals surface area contributed by atoms with Crippen LogP contribution in [-0.4, -0.2) is 58.0 Å². The normalized spacial score (nSPS) is 22.3. The summed E-state index contributed by atoms with van der Waals surface area (Å²) in [5.41, 5.74) is -0.163. The van der Waals surface area contributed by atoms with Crippen LogP contribution in [0.25, 0.3) is 10.8 Å². The van der Waals surface area contributed by atoms with E-state index in [4.69, 9.17) is 4.74 Å². The van der Waals surface area contributed by atoms with Crippen LogP contribution in [0.2, 0.25) is 0 Å². The van der Waals surface area contributed by atoms with Crippen LogP contribution in [0.3, 0.4) is 0 Å². The minimum absolute atomic E-state index is 0.153. The van der Waals surface area contributed by atoms with E-state index >= 15 is 0 Å². The van der Waals surface area contributed by atoms with E-state index in [1.807, 2.05) is 6.07 Å². The maximum absolute atomic E-state index is 13.0. The Morgan fingerprint density at radius 3 is 2.78 bits per heavy atom. The quantitative estimate of drug-likeness (QED) is 0.856. The molecule has 3 heterocycles. The van der Waals surface area contributed by atoms with Crippen LogP contribution < -0.4 is 5.56 Å². The van der Waals surface area contributed by atoms with Crippen molar-refractivity contribution in [3.8, 4) is 0 Å². The fourth-order valence-electron chi connectivity index (χ4n) is 4.45. The zero-order chi connectivity index (χ0) is 18.9. The highest BCUT2D eigenvalue weighted by atomic mass is 16.5. The number of fused-ring (bicyclic) bond motifs is 1. The summed E-state index contributed by atoms with van der Waals surface area (Å²) in [5, 5.41) is 16.8. The summed E-state index contributed by atoms with van der Waals surface area (Å²) >= 11 is 0. The van der Waals surface area contributed by atoms with Crippen LogP contribution in [0.4, 0.5) is 0 Å². The fraction of sp³-hybridized carbons (Fsp3) is 0.550. The smallest absolute Gasteiger partial charge is 0.274 e. The molecule has 2 saturated heterocycles. The molecule has 4 rings (SSSR count). The SMILES string of the molecule is O=C(c1n[nH]c(=O)c2ccccc12)N1CCC2(CC1)CC(CCO)CCO2. The van der Waals surface area contributed by atoms with Gasteiger partial charge < -0.3 is 14.7 Å². The minimum Gasteiger partial charge on any atom is -0.396 e. The zero-order valence-corrected chi connectivity index (χ0v) is 15.3. The first-order valence-corrected chi connectivity index (χ1v) is 9.63. The van der Waals surface area contributed by atoms with Crippen molar-refractivity contribution in [2.45, 2.75) is 37.7 Å². The highest BCUT2D eigenvalue weighted by Crippen LogP contribution is 2.39. The lowest BCUT2D eigenvalue weighted by Gasteiger charge is -2.46. The average Bonchev–Trinajstić information content (AvgIpc) is 2.69. The predicted octanol–water partition coefficient (Wildman–Crippen LogP) is 1.71. The molecule has 2 fully saturated rings. The van der Waals surface area contributed by atoms with Gasteiger partial charge in [-0.15, -0.1) is 0 Å². The lowest BCUT2D eigenvalue weighted by molar-refractivity contribution is -0.125. The third-order valence-corrected chi connectivity index (χ3v) is 5.99. The Bertz CT molecular complexity index is 884. The number of aromatic amines is 1. The lowest BCUT2D eigenvalue weighted by atomic mass is 9.78. The van der Waals surface area contributed by atoms with Gasteiger partial charge in [-0.1, -0.05) is 18.2 Å². The molecular weight excluding hydrogens is 346 g/mol. The number of ether oxygens (including phenoxy) is 1. The van der Waals surface area contributed by atoms with Gasteiger partial charge in [0.15, 0.2) is 5.69 Å².